The number of nitroso groups, excluding NO2 is 1. The molecule has 3 N–H and O–H groups in total. The van der Waals surface area contributed by atoms with Crippen LogP contribution in [0.25, 0.3) is 0 Å². The summed E-state index contributed by atoms with van der Waals surface area (Å²) in [6.45, 7) is 7.91. The molecule has 0 rings (SSSR count). The second kappa shape index (κ2) is 9.82. The Bertz CT molecular complexity index is 475. The summed E-state index contributed by atoms with van der Waals surface area (Å²) >= 11 is 0. The minimum Gasteiger partial charge on any atom is -0.454 e. The molecule has 9 heteroatoms. The highest BCUT2D eigenvalue weighted by molar-refractivity contribution is 5.87. The van der Waals surface area contributed by atoms with Gasteiger partial charge in [0, 0.05) is 11.1 Å². The molecule has 9 nitrogen and oxygen atoms in total. The van der Waals surface area contributed by atoms with Crippen molar-refractivity contribution in [3.63, 3.8) is 0 Å². The van der Waals surface area contributed by atoms with Crippen molar-refractivity contribution >= 4 is 11.9 Å². The number of aliphatic hydroxyl groups excluding tert-OH is 3. The Kier molecular flexibility index (Phi) is 8.93. The van der Waals surface area contributed by atoms with Crippen LogP contribution in [0.3, 0.4) is 0 Å². The van der Waals surface area contributed by atoms with Gasteiger partial charge in [0.05, 0.1) is 6.61 Å². The fraction of sp³-hybridized carbons (Fsp3) is 0.571. The van der Waals surface area contributed by atoms with E-state index in [9.17, 15) is 29.8 Å². The maximum absolute atomic E-state index is 11.5. The molecule has 4 unspecified atom stereocenters. The first-order valence-corrected chi connectivity index (χ1v) is 6.64. The van der Waals surface area contributed by atoms with Crippen molar-refractivity contribution in [2.75, 3.05) is 13.2 Å². The van der Waals surface area contributed by atoms with Crippen LogP contribution in [0.5, 0.6) is 0 Å². The van der Waals surface area contributed by atoms with Crippen molar-refractivity contribution in [1.29, 1.82) is 0 Å². The molecule has 0 aromatic heterocycles. The van der Waals surface area contributed by atoms with Crippen molar-refractivity contribution in [2.45, 2.75) is 38.3 Å². The van der Waals surface area contributed by atoms with Crippen molar-refractivity contribution in [2.24, 2.45) is 5.18 Å². The highest BCUT2D eigenvalue weighted by Crippen LogP contribution is 2.14. The molecule has 23 heavy (non-hydrogen) atoms. The summed E-state index contributed by atoms with van der Waals surface area (Å²) in [5.41, 5.74) is 0.0277. The third kappa shape index (κ3) is 6.68. The Morgan fingerprint density at radius 2 is 1.39 bits per heavy atom. The van der Waals surface area contributed by atoms with Crippen LogP contribution in [0, 0.1) is 4.91 Å². The van der Waals surface area contributed by atoms with Crippen molar-refractivity contribution in [1.82, 2.24) is 0 Å². The van der Waals surface area contributed by atoms with E-state index in [-0.39, 0.29) is 11.1 Å². The van der Waals surface area contributed by atoms with E-state index in [0.717, 1.165) is 0 Å². The average molecular weight is 331 g/mol. The van der Waals surface area contributed by atoms with Crippen LogP contribution in [0.4, 0.5) is 0 Å². The van der Waals surface area contributed by atoms with E-state index < -0.39 is 49.5 Å². The van der Waals surface area contributed by atoms with Gasteiger partial charge in [-0.15, -0.1) is 0 Å². The number of hydrogen-bond acceptors (Lipinski definition) is 9. The Hall–Kier alpha value is -2.10. The van der Waals surface area contributed by atoms with Crippen LogP contribution in [0.2, 0.25) is 0 Å². The molecule has 0 radical (unpaired) electrons. The van der Waals surface area contributed by atoms with Gasteiger partial charge in [-0.3, -0.25) is 0 Å². The van der Waals surface area contributed by atoms with Crippen molar-refractivity contribution < 1.29 is 34.4 Å². The van der Waals surface area contributed by atoms with Gasteiger partial charge >= 0.3 is 11.9 Å². The van der Waals surface area contributed by atoms with Crippen LogP contribution in [0.15, 0.2) is 29.5 Å². The lowest BCUT2D eigenvalue weighted by Gasteiger charge is -2.29. The largest absolute Gasteiger partial charge is 0.454 e. The van der Waals surface area contributed by atoms with Crippen LogP contribution in [0.1, 0.15) is 13.8 Å². The molecule has 0 amide bonds. The SMILES string of the molecule is C=C(C)C(=O)OC(CO)C(O)C(O)C(CN=O)OC(=O)C(=C)C. The highest BCUT2D eigenvalue weighted by atomic mass is 16.6. The minimum atomic E-state index is -1.83. The smallest absolute Gasteiger partial charge is 0.333 e. The predicted octanol–water partition coefficient (Wildman–Crippen LogP) is -0.557. The molecule has 0 heterocycles. The van der Waals surface area contributed by atoms with E-state index in [0.29, 0.717) is 0 Å². The Labute approximate surface area is 133 Å². The molecule has 0 aromatic carbocycles. The Morgan fingerprint density at radius 3 is 1.74 bits per heavy atom. The standard InChI is InChI=1S/C14H21NO8/c1-7(2)13(19)22-9(5-15-21)11(17)12(18)10(6-16)23-14(20)8(3)4/h9-12,16-18H,1,3,5-6H2,2,4H3. The first-order chi connectivity index (χ1) is 10.6. The van der Waals surface area contributed by atoms with Gasteiger partial charge < -0.3 is 24.8 Å². The van der Waals surface area contributed by atoms with Crippen LogP contribution < -0.4 is 0 Å². The summed E-state index contributed by atoms with van der Waals surface area (Å²) in [5, 5.41) is 31.7. The number of hydrogen-bond donors (Lipinski definition) is 3. The summed E-state index contributed by atoms with van der Waals surface area (Å²) in [6.07, 6.45) is -6.66. The third-order valence-corrected chi connectivity index (χ3v) is 2.76. The summed E-state index contributed by atoms with van der Waals surface area (Å²) in [7, 11) is 0. The monoisotopic (exact) mass is 331 g/mol. The minimum absolute atomic E-state index is 0.00927. The maximum atomic E-state index is 11.5. The van der Waals surface area contributed by atoms with Gasteiger partial charge in [-0.05, 0) is 13.8 Å². The number of rotatable bonds is 10. The number of esters is 2. The maximum Gasteiger partial charge on any atom is 0.333 e. The lowest BCUT2D eigenvalue weighted by Crippen LogP contribution is -2.50. The molecule has 0 fully saturated rings. The van der Waals surface area contributed by atoms with Gasteiger partial charge in [-0.25, -0.2) is 9.59 Å². The summed E-state index contributed by atoms with van der Waals surface area (Å²) in [6, 6.07) is 0. The van der Waals surface area contributed by atoms with E-state index in [2.05, 4.69) is 18.3 Å². The third-order valence-electron chi connectivity index (χ3n) is 2.76. The van der Waals surface area contributed by atoms with Gasteiger partial charge in [0.25, 0.3) is 0 Å². The van der Waals surface area contributed by atoms with Gasteiger partial charge in [-0.1, -0.05) is 18.3 Å². The zero-order valence-electron chi connectivity index (χ0n) is 13.0. The quantitative estimate of drug-likeness (QED) is 0.275. The van der Waals surface area contributed by atoms with Gasteiger partial charge in [-0.2, -0.15) is 4.91 Å². The molecule has 4 atom stereocenters. The molecule has 0 aliphatic heterocycles. The number of aliphatic hydroxyl groups is 3. The summed E-state index contributed by atoms with van der Waals surface area (Å²) in [5.74, 6) is -1.79. The number of carbonyl (C=O) groups is 2. The molecule has 0 aliphatic carbocycles. The number of nitrogens with zero attached hydrogens (tertiary/aromatic N) is 1. The van der Waals surface area contributed by atoms with Gasteiger partial charge in [0.2, 0.25) is 0 Å². The molecule has 0 saturated heterocycles. The summed E-state index contributed by atoms with van der Waals surface area (Å²) < 4.78 is 9.56. The van der Waals surface area contributed by atoms with Crippen molar-refractivity contribution in [3.05, 3.63) is 29.2 Å². The highest BCUT2D eigenvalue weighted by Gasteiger charge is 2.36. The topological polar surface area (TPSA) is 143 Å². The molecule has 0 spiro atoms. The molecule has 0 aromatic rings. The first kappa shape index (κ1) is 20.9. The van der Waals surface area contributed by atoms with Gasteiger partial charge in [0.1, 0.15) is 18.8 Å². The molecule has 0 bridgehead atoms. The molecular weight excluding hydrogens is 310 g/mol. The Morgan fingerprint density at radius 1 is 1.00 bits per heavy atom. The van der Waals surface area contributed by atoms with Crippen LogP contribution in [-0.2, 0) is 19.1 Å². The lowest BCUT2D eigenvalue weighted by atomic mass is 10.0. The van der Waals surface area contributed by atoms with Gasteiger partial charge in [0.15, 0.2) is 12.2 Å². The molecule has 130 valence electrons. The fourth-order valence-corrected chi connectivity index (χ4v) is 1.42. The molecule has 0 aliphatic rings. The number of carbonyl (C=O) groups excluding carboxylic acids is 2. The normalized spacial score (nSPS) is 15.7. The molecule has 0 saturated carbocycles. The van der Waals surface area contributed by atoms with Crippen LogP contribution >= 0.6 is 0 Å². The van der Waals surface area contributed by atoms with E-state index in [1.807, 2.05) is 0 Å². The lowest BCUT2D eigenvalue weighted by molar-refractivity contribution is -0.173. The van der Waals surface area contributed by atoms with Crippen LogP contribution in [-0.4, -0.2) is 64.8 Å². The fourth-order valence-electron chi connectivity index (χ4n) is 1.42. The Balaban J connectivity index is 5.06. The molecular formula is C14H21NO8. The van der Waals surface area contributed by atoms with E-state index in [4.69, 9.17) is 9.47 Å². The van der Waals surface area contributed by atoms with E-state index in [1.54, 1.807) is 0 Å². The second-order valence-corrected chi connectivity index (χ2v) is 4.92. The van der Waals surface area contributed by atoms with E-state index >= 15 is 0 Å². The van der Waals surface area contributed by atoms with Crippen molar-refractivity contribution in [3.8, 4) is 0 Å². The zero-order chi connectivity index (χ0) is 18.2. The second-order valence-electron chi connectivity index (χ2n) is 4.92. The zero-order valence-corrected chi connectivity index (χ0v) is 13.0. The predicted molar refractivity (Wildman–Crippen MR) is 79.1 cm³/mol. The summed E-state index contributed by atoms with van der Waals surface area (Å²) in [4.78, 5) is 33.3. The van der Waals surface area contributed by atoms with E-state index in [1.165, 1.54) is 13.8 Å². The average Bonchev–Trinajstić information content (AvgIpc) is 2.49. The number of ether oxygens (including phenoxy) is 2. The first-order valence-electron chi connectivity index (χ1n) is 6.64.